The second-order valence-corrected chi connectivity index (χ2v) is 3.50. The first-order chi connectivity index (χ1) is 7.45. The van der Waals surface area contributed by atoms with Crippen LogP contribution in [-0.2, 0) is 14.3 Å². The zero-order chi connectivity index (χ0) is 13.0. The number of nitrogens with two attached hydrogens (primary N) is 1. The molecule has 0 saturated heterocycles. The minimum atomic E-state index is -1.55. The van der Waals surface area contributed by atoms with Gasteiger partial charge in [-0.2, -0.15) is 0 Å². The lowest BCUT2D eigenvalue weighted by atomic mass is 10.1. The number of ether oxygens (including phenoxy) is 1. The minimum Gasteiger partial charge on any atom is -0.473 e. The molecule has 16 heavy (non-hydrogen) atoms. The molecule has 0 aliphatic rings. The third-order valence-electron chi connectivity index (χ3n) is 1.71. The highest BCUT2D eigenvalue weighted by Crippen LogP contribution is 1.99. The second-order valence-electron chi connectivity index (χ2n) is 3.50. The van der Waals surface area contributed by atoms with Gasteiger partial charge in [-0.1, -0.05) is 26.2 Å². The van der Waals surface area contributed by atoms with Crippen molar-refractivity contribution in [1.82, 2.24) is 0 Å². The van der Waals surface area contributed by atoms with Crippen molar-refractivity contribution in [3.05, 3.63) is 0 Å². The van der Waals surface area contributed by atoms with E-state index in [1.54, 1.807) is 6.92 Å². The van der Waals surface area contributed by atoms with E-state index in [-0.39, 0.29) is 6.61 Å². The van der Waals surface area contributed by atoms with E-state index in [4.69, 9.17) is 10.8 Å². The van der Waals surface area contributed by atoms with Gasteiger partial charge in [0.15, 0.2) is 0 Å². The monoisotopic (exact) mass is 233 g/mol. The van der Waals surface area contributed by atoms with Crippen molar-refractivity contribution in [3.63, 3.8) is 0 Å². The maximum Gasteiger partial charge on any atom is 0.417 e. The largest absolute Gasteiger partial charge is 0.473 e. The molecule has 0 aliphatic heterocycles. The summed E-state index contributed by atoms with van der Waals surface area (Å²) < 4.78 is 4.06. The average Bonchev–Trinajstić information content (AvgIpc) is 2.19. The summed E-state index contributed by atoms with van der Waals surface area (Å²) in [5.41, 5.74) is 5.53. The maximum atomic E-state index is 9.92. The molecule has 0 aromatic heterocycles. The molecule has 0 aliphatic carbocycles. The van der Waals surface area contributed by atoms with E-state index in [0.717, 1.165) is 0 Å². The predicted octanol–water partition coefficient (Wildman–Crippen LogP) is 1.55. The van der Waals surface area contributed by atoms with Gasteiger partial charge in [-0.05, 0) is 20.3 Å². The summed E-state index contributed by atoms with van der Waals surface area (Å²) in [4.78, 5) is 19.5. The Balaban J connectivity index is 0. The van der Waals surface area contributed by atoms with E-state index in [9.17, 15) is 9.59 Å². The maximum absolute atomic E-state index is 9.92. The van der Waals surface area contributed by atoms with E-state index in [0.29, 0.717) is 6.04 Å². The lowest BCUT2D eigenvalue weighted by Crippen LogP contribution is -2.15. The second kappa shape index (κ2) is 12.0. The zero-order valence-electron chi connectivity index (χ0n) is 10.4. The molecule has 0 amide bonds. The molecule has 1 unspecified atom stereocenters. The number of carbonyl (C=O) groups excluding carboxylic acids is 1. The molecule has 5 heteroatoms. The Morgan fingerprint density at radius 1 is 1.31 bits per heavy atom. The Bertz CT molecular complexity index is 192. The third-order valence-corrected chi connectivity index (χ3v) is 1.71. The van der Waals surface area contributed by atoms with Gasteiger partial charge in [-0.15, -0.1) is 0 Å². The molecule has 0 aromatic carbocycles. The Kier molecular flexibility index (Phi) is 12.9. The molecule has 0 heterocycles. The van der Waals surface area contributed by atoms with Gasteiger partial charge in [0.2, 0.25) is 0 Å². The lowest BCUT2D eigenvalue weighted by Gasteiger charge is -2.01. The number of hydrogen-bond acceptors (Lipinski definition) is 4. The molecular weight excluding hydrogens is 210 g/mol. The van der Waals surface area contributed by atoms with E-state index in [2.05, 4.69) is 18.6 Å². The van der Waals surface area contributed by atoms with E-state index in [1.165, 1.54) is 25.7 Å². The number of esters is 1. The van der Waals surface area contributed by atoms with Gasteiger partial charge >= 0.3 is 11.9 Å². The number of carbonyl (C=O) groups is 2. The topological polar surface area (TPSA) is 89.6 Å². The van der Waals surface area contributed by atoms with Gasteiger partial charge in [0.25, 0.3) is 0 Å². The fourth-order valence-corrected chi connectivity index (χ4v) is 0.909. The van der Waals surface area contributed by atoms with Gasteiger partial charge in [0, 0.05) is 6.04 Å². The first-order valence-electron chi connectivity index (χ1n) is 5.61. The summed E-state index contributed by atoms with van der Waals surface area (Å²) in [7, 11) is 0. The summed E-state index contributed by atoms with van der Waals surface area (Å²) in [5, 5.41) is 7.84. The SMILES string of the molecule is CCCCCC(C)N.CCOC(=O)C(=O)O. The zero-order valence-corrected chi connectivity index (χ0v) is 10.4. The first kappa shape index (κ1) is 17.3. The van der Waals surface area contributed by atoms with Crippen LogP contribution in [0.1, 0.15) is 46.5 Å². The van der Waals surface area contributed by atoms with Crippen LogP contribution in [0, 0.1) is 0 Å². The summed E-state index contributed by atoms with van der Waals surface area (Å²) in [6.45, 7) is 5.92. The number of unbranched alkanes of at least 4 members (excludes halogenated alkanes) is 2. The summed E-state index contributed by atoms with van der Waals surface area (Å²) in [6.07, 6.45) is 5.12. The lowest BCUT2D eigenvalue weighted by molar-refractivity contribution is -0.163. The van der Waals surface area contributed by atoms with Crippen LogP contribution < -0.4 is 5.73 Å². The van der Waals surface area contributed by atoms with E-state index in [1.807, 2.05) is 0 Å². The number of hydrogen-bond donors (Lipinski definition) is 2. The van der Waals surface area contributed by atoms with Crippen LogP contribution in [0.2, 0.25) is 0 Å². The van der Waals surface area contributed by atoms with E-state index < -0.39 is 11.9 Å². The molecule has 0 bridgehead atoms. The molecule has 0 aromatic rings. The van der Waals surface area contributed by atoms with Crippen molar-refractivity contribution in [3.8, 4) is 0 Å². The van der Waals surface area contributed by atoms with Crippen molar-refractivity contribution >= 4 is 11.9 Å². The van der Waals surface area contributed by atoms with E-state index >= 15 is 0 Å². The smallest absolute Gasteiger partial charge is 0.417 e. The molecular formula is C11H23NO4. The quantitative estimate of drug-likeness (QED) is 0.427. The van der Waals surface area contributed by atoms with Crippen molar-refractivity contribution in [2.24, 2.45) is 5.73 Å². The van der Waals surface area contributed by atoms with Gasteiger partial charge in [0.05, 0.1) is 6.61 Å². The molecule has 0 rings (SSSR count). The van der Waals surface area contributed by atoms with Crippen LogP contribution in [-0.4, -0.2) is 29.7 Å². The normalized spacial score (nSPS) is 11.0. The predicted molar refractivity (Wildman–Crippen MR) is 62.1 cm³/mol. The van der Waals surface area contributed by atoms with Crippen molar-refractivity contribution in [1.29, 1.82) is 0 Å². The highest BCUT2D eigenvalue weighted by atomic mass is 16.6. The van der Waals surface area contributed by atoms with Crippen molar-refractivity contribution in [2.45, 2.75) is 52.5 Å². The molecule has 0 spiro atoms. The number of carboxylic acid groups (broad SMARTS) is 1. The Hall–Kier alpha value is -1.10. The van der Waals surface area contributed by atoms with Crippen LogP contribution in [0.3, 0.4) is 0 Å². The van der Waals surface area contributed by atoms with Gasteiger partial charge in [-0.25, -0.2) is 9.59 Å². The van der Waals surface area contributed by atoms with Crippen LogP contribution in [0.4, 0.5) is 0 Å². The highest BCUT2D eigenvalue weighted by Gasteiger charge is 2.09. The van der Waals surface area contributed by atoms with Gasteiger partial charge < -0.3 is 15.6 Å². The summed E-state index contributed by atoms with van der Waals surface area (Å²) in [5.74, 6) is -2.75. The van der Waals surface area contributed by atoms with Crippen LogP contribution in [0.5, 0.6) is 0 Å². The van der Waals surface area contributed by atoms with Gasteiger partial charge in [0.1, 0.15) is 0 Å². The van der Waals surface area contributed by atoms with Crippen LogP contribution in [0.25, 0.3) is 0 Å². The third kappa shape index (κ3) is 15.4. The van der Waals surface area contributed by atoms with Crippen molar-refractivity contribution in [2.75, 3.05) is 6.61 Å². The van der Waals surface area contributed by atoms with Gasteiger partial charge in [-0.3, -0.25) is 0 Å². The molecule has 0 saturated carbocycles. The molecule has 1 atom stereocenters. The molecule has 96 valence electrons. The summed E-state index contributed by atoms with van der Waals surface area (Å²) in [6, 6.07) is 0.404. The van der Waals surface area contributed by atoms with Crippen LogP contribution >= 0.6 is 0 Å². The number of aliphatic carboxylic acids is 1. The standard InChI is InChI=1S/C7H17N.C4H6O4/c1-3-4-5-6-7(2)8;1-2-8-4(7)3(5)6/h7H,3-6,8H2,1-2H3;2H2,1H3,(H,5,6). The Labute approximate surface area is 97.0 Å². The van der Waals surface area contributed by atoms with Crippen LogP contribution in [0.15, 0.2) is 0 Å². The summed E-state index contributed by atoms with van der Waals surface area (Å²) >= 11 is 0. The highest BCUT2D eigenvalue weighted by molar-refractivity contribution is 6.28. The molecule has 5 nitrogen and oxygen atoms in total. The molecule has 3 N–H and O–H groups in total. The molecule has 0 fully saturated rings. The number of carboxylic acids is 1. The fraction of sp³-hybridized carbons (Fsp3) is 0.818. The first-order valence-corrected chi connectivity index (χ1v) is 5.61. The van der Waals surface area contributed by atoms with Crippen molar-refractivity contribution < 1.29 is 19.4 Å². The number of rotatable bonds is 5. The average molecular weight is 233 g/mol. The fourth-order valence-electron chi connectivity index (χ4n) is 0.909. The Morgan fingerprint density at radius 3 is 2.12 bits per heavy atom. The Morgan fingerprint density at radius 2 is 1.88 bits per heavy atom. The minimum absolute atomic E-state index is 0.102. The molecule has 0 radical (unpaired) electrons.